The van der Waals surface area contributed by atoms with Gasteiger partial charge in [-0.2, -0.15) is 15.3 Å². The second kappa shape index (κ2) is 4.23. The number of ketones is 1. The second-order valence-corrected chi connectivity index (χ2v) is 4.59. The predicted molar refractivity (Wildman–Crippen MR) is 57.0 cm³/mol. The fourth-order valence-electron chi connectivity index (χ4n) is 2.70. The molecule has 0 aromatic carbocycles. The summed E-state index contributed by atoms with van der Waals surface area (Å²) in [4.78, 5) is 12.2. The SMILES string of the molecule is N=NC1=CC2(CCC(N=N)CC2)C(=O)C1N=N. The number of hydrogen-bond acceptors (Lipinski definition) is 7. The fraction of sp³-hybridized carbons (Fsp3) is 0.700. The molecule has 17 heavy (non-hydrogen) atoms. The minimum absolute atomic E-state index is 0.00482. The standard InChI is InChI=1S/C10H14N6O/c11-14-6-1-3-10(4-2-6)5-7(15-12)8(16-13)9(10)17/h5-6,8,11-13H,1-4H2. The van der Waals surface area contributed by atoms with E-state index >= 15 is 0 Å². The zero-order chi connectivity index (χ0) is 12.5. The van der Waals surface area contributed by atoms with Crippen LogP contribution in [0.2, 0.25) is 0 Å². The second-order valence-electron chi connectivity index (χ2n) is 4.59. The van der Waals surface area contributed by atoms with Gasteiger partial charge in [0.15, 0.2) is 11.8 Å². The van der Waals surface area contributed by atoms with Gasteiger partial charge in [0.1, 0.15) is 0 Å². The summed E-state index contributed by atoms with van der Waals surface area (Å²) >= 11 is 0. The highest BCUT2D eigenvalue weighted by atomic mass is 16.1. The summed E-state index contributed by atoms with van der Waals surface area (Å²) in [7, 11) is 0. The van der Waals surface area contributed by atoms with Crippen LogP contribution >= 0.6 is 0 Å². The smallest absolute Gasteiger partial charge is 0.175 e. The van der Waals surface area contributed by atoms with E-state index < -0.39 is 11.5 Å². The third-order valence-corrected chi connectivity index (χ3v) is 3.73. The van der Waals surface area contributed by atoms with Gasteiger partial charge in [0, 0.05) is 0 Å². The van der Waals surface area contributed by atoms with E-state index in [0.29, 0.717) is 25.7 Å². The van der Waals surface area contributed by atoms with E-state index in [4.69, 9.17) is 16.6 Å². The van der Waals surface area contributed by atoms with E-state index in [1.165, 1.54) is 0 Å². The Morgan fingerprint density at radius 1 is 1.18 bits per heavy atom. The summed E-state index contributed by atoms with van der Waals surface area (Å²) < 4.78 is 0. The van der Waals surface area contributed by atoms with Crippen LogP contribution in [0.1, 0.15) is 25.7 Å². The van der Waals surface area contributed by atoms with Crippen molar-refractivity contribution in [1.29, 1.82) is 16.6 Å². The van der Waals surface area contributed by atoms with Crippen molar-refractivity contribution in [3.63, 3.8) is 0 Å². The Morgan fingerprint density at radius 3 is 2.24 bits per heavy atom. The quantitative estimate of drug-likeness (QED) is 0.638. The number of carbonyl (C=O) groups is 1. The average Bonchev–Trinajstić information content (AvgIpc) is 2.63. The molecule has 0 heterocycles. The highest BCUT2D eigenvalue weighted by molar-refractivity contribution is 5.97. The van der Waals surface area contributed by atoms with Crippen LogP contribution in [0.25, 0.3) is 0 Å². The van der Waals surface area contributed by atoms with Crippen LogP contribution in [0.3, 0.4) is 0 Å². The van der Waals surface area contributed by atoms with Crippen molar-refractivity contribution >= 4 is 5.78 Å². The molecule has 1 saturated carbocycles. The monoisotopic (exact) mass is 234 g/mol. The minimum atomic E-state index is -0.892. The minimum Gasteiger partial charge on any atom is -0.296 e. The Kier molecular flexibility index (Phi) is 2.91. The Hall–Kier alpha value is -1.79. The molecule has 0 amide bonds. The molecular formula is C10H14N6O. The van der Waals surface area contributed by atoms with Crippen molar-refractivity contribution in [3.05, 3.63) is 11.8 Å². The van der Waals surface area contributed by atoms with Crippen molar-refractivity contribution in [2.75, 3.05) is 0 Å². The van der Waals surface area contributed by atoms with Crippen LogP contribution in [-0.4, -0.2) is 17.9 Å². The molecule has 0 aromatic heterocycles. The maximum Gasteiger partial charge on any atom is 0.175 e. The van der Waals surface area contributed by atoms with Gasteiger partial charge in [-0.05, 0) is 31.8 Å². The van der Waals surface area contributed by atoms with Crippen LogP contribution in [0.15, 0.2) is 27.1 Å². The zero-order valence-electron chi connectivity index (χ0n) is 9.31. The number of nitrogens with one attached hydrogen (secondary N) is 3. The lowest BCUT2D eigenvalue weighted by molar-refractivity contribution is -0.127. The maximum atomic E-state index is 12.2. The van der Waals surface area contributed by atoms with Crippen LogP contribution < -0.4 is 0 Å². The first-order chi connectivity index (χ1) is 8.16. The molecule has 0 bridgehead atoms. The van der Waals surface area contributed by atoms with E-state index in [2.05, 4.69) is 15.3 Å². The van der Waals surface area contributed by atoms with Crippen molar-refractivity contribution in [2.24, 2.45) is 20.8 Å². The summed E-state index contributed by atoms with van der Waals surface area (Å²) in [6.45, 7) is 0. The van der Waals surface area contributed by atoms with Gasteiger partial charge in [0.05, 0.1) is 17.2 Å². The lowest BCUT2D eigenvalue weighted by atomic mass is 9.71. The summed E-state index contributed by atoms with van der Waals surface area (Å²) in [6, 6.07) is -0.887. The third kappa shape index (κ3) is 1.71. The summed E-state index contributed by atoms with van der Waals surface area (Å²) in [6.07, 6.45) is 4.32. The lowest BCUT2D eigenvalue weighted by Crippen LogP contribution is -2.35. The number of rotatable bonds is 3. The molecule has 2 rings (SSSR count). The Morgan fingerprint density at radius 2 is 1.82 bits per heavy atom. The van der Waals surface area contributed by atoms with Gasteiger partial charge in [-0.3, -0.25) is 4.79 Å². The van der Waals surface area contributed by atoms with E-state index in [1.807, 2.05) is 0 Å². The van der Waals surface area contributed by atoms with E-state index in [-0.39, 0.29) is 17.5 Å². The molecule has 1 spiro atoms. The largest absolute Gasteiger partial charge is 0.296 e. The van der Waals surface area contributed by atoms with Crippen LogP contribution in [0.5, 0.6) is 0 Å². The first kappa shape index (κ1) is 11.7. The van der Waals surface area contributed by atoms with Crippen LogP contribution in [0, 0.1) is 22.0 Å². The maximum absolute atomic E-state index is 12.2. The zero-order valence-corrected chi connectivity index (χ0v) is 9.31. The van der Waals surface area contributed by atoms with Gasteiger partial charge in [0.25, 0.3) is 0 Å². The third-order valence-electron chi connectivity index (χ3n) is 3.73. The van der Waals surface area contributed by atoms with E-state index in [0.717, 1.165) is 0 Å². The van der Waals surface area contributed by atoms with Crippen molar-refractivity contribution < 1.29 is 4.79 Å². The summed E-state index contributed by atoms with van der Waals surface area (Å²) in [5.74, 6) is -0.123. The normalized spacial score (nSPS) is 36.7. The number of hydrogen-bond donors (Lipinski definition) is 3. The molecule has 1 atom stereocenters. The highest BCUT2D eigenvalue weighted by Crippen LogP contribution is 2.46. The number of carbonyl (C=O) groups excluding carboxylic acids is 1. The Bertz CT molecular complexity index is 407. The van der Waals surface area contributed by atoms with Gasteiger partial charge < -0.3 is 0 Å². The molecule has 0 aliphatic heterocycles. The topological polar surface area (TPSA) is 126 Å². The van der Waals surface area contributed by atoms with Gasteiger partial charge in [-0.1, -0.05) is 0 Å². The molecule has 7 nitrogen and oxygen atoms in total. The first-order valence-corrected chi connectivity index (χ1v) is 5.54. The Labute approximate surface area is 98.2 Å². The molecule has 2 aliphatic rings. The Balaban J connectivity index is 2.25. The van der Waals surface area contributed by atoms with Gasteiger partial charge >= 0.3 is 0 Å². The molecule has 1 fully saturated rings. The van der Waals surface area contributed by atoms with E-state index in [1.54, 1.807) is 6.08 Å². The molecule has 0 radical (unpaired) electrons. The summed E-state index contributed by atoms with van der Waals surface area (Å²) in [5, 5.41) is 10.1. The molecule has 3 N–H and O–H groups in total. The molecule has 7 heteroatoms. The lowest BCUT2D eigenvalue weighted by Gasteiger charge is -2.32. The highest BCUT2D eigenvalue weighted by Gasteiger charge is 2.49. The fourth-order valence-corrected chi connectivity index (χ4v) is 2.70. The molecule has 2 aliphatic carbocycles. The molecule has 0 aromatic rings. The molecule has 0 saturated heterocycles. The molecule has 1 unspecified atom stereocenters. The van der Waals surface area contributed by atoms with Crippen LogP contribution in [0.4, 0.5) is 0 Å². The average molecular weight is 234 g/mol. The molecular weight excluding hydrogens is 220 g/mol. The van der Waals surface area contributed by atoms with Gasteiger partial charge in [-0.15, -0.1) is 0 Å². The first-order valence-electron chi connectivity index (χ1n) is 5.54. The number of nitrogens with zero attached hydrogens (tertiary/aromatic N) is 3. The molecule has 90 valence electrons. The predicted octanol–water partition coefficient (Wildman–Crippen LogP) is 2.84. The van der Waals surface area contributed by atoms with E-state index in [9.17, 15) is 4.79 Å². The number of allylic oxidation sites excluding steroid dienone is 1. The number of Topliss-reactive ketones (excluding diaryl/α,β-unsaturated/α-hetero) is 1. The van der Waals surface area contributed by atoms with Gasteiger partial charge in [-0.25, -0.2) is 16.6 Å². The van der Waals surface area contributed by atoms with Crippen molar-refractivity contribution in [3.8, 4) is 0 Å². The van der Waals surface area contributed by atoms with Crippen LogP contribution in [-0.2, 0) is 4.79 Å². The van der Waals surface area contributed by atoms with Crippen molar-refractivity contribution in [2.45, 2.75) is 37.8 Å². The van der Waals surface area contributed by atoms with Gasteiger partial charge in [0.2, 0.25) is 0 Å². The van der Waals surface area contributed by atoms with Crippen molar-refractivity contribution in [1.82, 2.24) is 0 Å². The summed E-state index contributed by atoms with van der Waals surface area (Å²) in [5.41, 5.74) is 20.7.